The molecule has 65 heavy (non-hydrogen) atoms. The Morgan fingerprint density at radius 2 is 0.800 bits per heavy atom. The van der Waals surface area contributed by atoms with Crippen LogP contribution in [0.25, 0.3) is 0 Å². The highest BCUT2D eigenvalue weighted by Gasteiger charge is 2.24. The molecule has 0 fully saturated rings. The van der Waals surface area contributed by atoms with Gasteiger partial charge >= 0.3 is 5.97 Å². The molecule has 3 atom stereocenters. The second kappa shape index (κ2) is 52.8. The van der Waals surface area contributed by atoms with Crippen LogP contribution in [0.4, 0.5) is 0 Å². The fraction of sp³-hybridized carbons (Fsp3) is 0.831. The maximum absolute atomic E-state index is 13.2. The van der Waals surface area contributed by atoms with Gasteiger partial charge in [0, 0.05) is 6.42 Å². The molecule has 3 N–H and O–H groups in total. The monoisotopic (exact) mass is 912 g/mol. The van der Waals surface area contributed by atoms with Crippen molar-refractivity contribution in [1.82, 2.24) is 5.32 Å². The van der Waals surface area contributed by atoms with Gasteiger partial charge in [-0.2, -0.15) is 0 Å². The Hall–Kier alpha value is -2.18. The van der Waals surface area contributed by atoms with Gasteiger partial charge in [-0.25, -0.2) is 0 Å². The third-order valence-corrected chi connectivity index (χ3v) is 12.9. The van der Waals surface area contributed by atoms with Crippen molar-refractivity contribution < 1.29 is 24.5 Å². The molecule has 0 aromatic heterocycles. The van der Waals surface area contributed by atoms with Crippen LogP contribution in [0, 0.1) is 0 Å². The van der Waals surface area contributed by atoms with Crippen LogP contribution in [0.5, 0.6) is 0 Å². The molecule has 0 radical (unpaired) electrons. The molecule has 380 valence electrons. The van der Waals surface area contributed by atoms with Crippen LogP contribution in [0.1, 0.15) is 290 Å². The third kappa shape index (κ3) is 48.1. The molecule has 0 saturated heterocycles. The highest BCUT2D eigenvalue weighted by Crippen LogP contribution is 2.18. The quantitative estimate of drug-likeness (QED) is 0.0321. The first-order valence-electron chi connectivity index (χ1n) is 28.4. The molecule has 0 aliphatic carbocycles. The first-order chi connectivity index (χ1) is 32.0. The van der Waals surface area contributed by atoms with E-state index in [4.69, 9.17) is 4.74 Å². The lowest BCUT2D eigenvalue weighted by atomic mass is 10.0. The van der Waals surface area contributed by atoms with Crippen molar-refractivity contribution in [2.45, 2.75) is 309 Å². The Labute approximate surface area is 404 Å². The molecule has 1 amide bonds. The minimum Gasteiger partial charge on any atom is -0.462 e. The Bertz CT molecular complexity index is 1110. The molecule has 3 unspecified atom stereocenters. The third-order valence-electron chi connectivity index (χ3n) is 12.9. The van der Waals surface area contributed by atoms with Crippen molar-refractivity contribution in [2.75, 3.05) is 6.61 Å². The first kappa shape index (κ1) is 62.8. The number of amides is 1. The molecular weight excluding hydrogens is 803 g/mol. The fourth-order valence-corrected chi connectivity index (χ4v) is 8.56. The lowest BCUT2D eigenvalue weighted by Gasteiger charge is -2.24. The van der Waals surface area contributed by atoms with Crippen molar-refractivity contribution in [3.05, 3.63) is 48.6 Å². The van der Waals surface area contributed by atoms with E-state index >= 15 is 0 Å². The number of nitrogens with one attached hydrogen (secondary N) is 1. The summed E-state index contributed by atoms with van der Waals surface area (Å²) in [6, 6.07) is -0.715. The molecular formula is C59H109NO5. The molecule has 0 rings (SSSR count). The van der Waals surface area contributed by atoms with Gasteiger partial charge in [0.05, 0.1) is 25.2 Å². The van der Waals surface area contributed by atoms with E-state index in [1.165, 1.54) is 161 Å². The zero-order valence-corrected chi connectivity index (χ0v) is 43.4. The number of carbonyl (C=O) groups excluding carboxylic acids is 2. The Balaban J connectivity index is 4.54. The van der Waals surface area contributed by atoms with E-state index < -0.39 is 18.2 Å². The van der Waals surface area contributed by atoms with E-state index in [0.29, 0.717) is 19.3 Å². The summed E-state index contributed by atoms with van der Waals surface area (Å²) >= 11 is 0. The number of rotatable bonds is 51. The number of ether oxygens (including phenoxy) is 1. The Kier molecular flexibility index (Phi) is 51.0. The average molecular weight is 913 g/mol. The summed E-state index contributed by atoms with van der Waals surface area (Å²) in [6.07, 6.45) is 64.6. The van der Waals surface area contributed by atoms with Crippen LogP contribution in [-0.4, -0.2) is 46.9 Å². The second-order valence-electron chi connectivity index (χ2n) is 19.3. The van der Waals surface area contributed by atoms with E-state index in [1.54, 1.807) is 0 Å². The highest BCUT2D eigenvalue weighted by atomic mass is 16.5. The van der Waals surface area contributed by atoms with Gasteiger partial charge in [0.25, 0.3) is 0 Å². The molecule has 0 heterocycles. The Morgan fingerprint density at radius 3 is 1.26 bits per heavy atom. The number of esters is 1. The number of unbranched alkanes of at least 4 members (excludes halogenated alkanes) is 31. The summed E-state index contributed by atoms with van der Waals surface area (Å²) in [5.41, 5.74) is 0. The lowest BCUT2D eigenvalue weighted by molar-refractivity contribution is -0.151. The summed E-state index contributed by atoms with van der Waals surface area (Å²) in [7, 11) is 0. The summed E-state index contributed by atoms with van der Waals surface area (Å²) in [4.78, 5) is 26.2. The van der Waals surface area contributed by atoms with Crippen molar-refractivity contribution in [1.29, 1.82) is 0 Å². The number of hydrogen-bond donors (Lipinski definition) is 3. The predicted molar refractivity (Wildman–Crippen MR) is 282 cm³/mol. The van der Waals surface area contributed by atoms with E-state index in [-0.39, 0.29) is 24.9 Å². The summed E-state index contributed by atoms with van der Waals surface area (Å²) < 4.78 is 5.92. The van der Waals surface area contributed by atoms with E-state index in [1.807, 2.05) is 0 Å². The van der Waals surface area contributed by atoms with Crippen molar-refractivity contribution in [3.8, 4) is 0 Å². The predicted octanol–water partition coefficient (Wildman–Crippen LogP) is 17.4. The number of allylic oxidation sites excluding steroid dienone is 8. The molecule has 0 aromatic rings. The minimum atomic E-state index is -0.799. The van der Waals surface area contributed by atoms with Gasteiger partial charge in [0.1, 0.15) is 6.10 Å². The molecule has 0 bridgehead atoms. The van der Waals surface area contributed by atoms with Gasteiger partial charge in [0.2, 0.25) is 5.91 Å². The molecule has 0 aliphatic rings. The van der Waals surface area contributed by atoms with Crippen LogP contribution in [0.2, 0.25) is 0 Å². The van der Waals surface area contributed by atoms with Crippen molar-refractivity contribution in [3.63, 3.8) is 0 Å². The maximum Gasteiger partial charge on any atom is 0.306 e. The molecule has 0 aliphatic heterocycles. The lowest BCUT2D eigenvalue weighted by Crippen LogP contribution is -2.46. The van der Waals surface area contributed by atoms with Crippen LogP contribution < -0.4 is 5.32 Å². The van der Waals surface area contributed by atoms with E-state index in [2.05, 4.69) is 74.7 Å². The molecule has 6 nitrogen and oxygen atoms in total. The van der Waals surface area contributed by atoms with Gasteiger partial charge in [-0.15, -0.1) is 0 Å². The van der Waals surface area contributed by atoms with E-state index in [9.17, 15) is 19.8 Å². The van der Waals surface area contributed by atoms with Gasteiger partial charge in [0.15, 0.2) is 0 Å². The van der Waals surface area contributed by atoms with Crippen molar-refractivity contribution >= 4 is 11.9 Å². The van der Waals surface area contributed by atoms with Gasteiger partial charge in [-0.05, 0) is 83.5 Å². The van der Waals surface area contributed by atoms with Crippen LogP contribution in [0.3, 0.4) is 0 Å². The number of aliphatic hydroxyl groups excluding tert-OH is 2. The standard InChI is InChI=1S/C59H109NO5/c1-4-7-10-13-16-19-22-25-27-29-31-33-36-39-42-45-48-51-57(62)56(54-61)60-58(63)53-55(50-47-44-41-38-35-24-21-18-15-12-9-6-3)65-59(64)52-49-46-43-40-37-34-32-30-28-26-23-20-17-14-11-8-5-2/h17,20,26,28,32,34,38,41,55-57,61-62H,4-16,18-19,21-25,27,29-31,33,35-37,39-40,42-54H2,1-3H3,(H,60,63)/b20-17-,28-26-,34-32-,41-38-. The number of hydrogen-bond acceptors (Lipinski definition) is 5. The van der Waals surface area contributed by atoms with Gasteiger partial charge in [-0.1, -0.05) is 243 Å². The maximum atomic E-state index is 13.2. The van der Waals surface area contributed by atoms with Crippen molar-refractivity contribution in [2.24, 2.45) is 0 Å². The second-order valence-corrected chi connectivity index (χ2v) is 19.3. The van der Waals surface area contributed by atoms with Gasteiger partial charge < -0.3 is 20.3 Å². The molecule has 6 heteroatoms. The van der Waals surface area contributed by atoms with E-state index in [0.717, 1.165) is 83.5 Å². The number of carbonyl (C=O) groups is 2. The zero-order chi connectivity index (χ0) is 47.4. The van der Waals surface area contributed by atoms with Crippen LogP contribution >= 0.6 is 0 Å². The summed E-state index contributed by atoms with van der Waals surface area (Å²) in [5.74, 6) is -0.520. The molecule has 0 aromatic carbocycles. The largest absolute Gasteiger partial charge is 0.462 e. The first-order valence-corrected chi connectivity index (χ1v) is 28.4. The highest BCUT2D eigenvalue weighted by molar-refractivity contribution is 5.77. The zero-order valence-electron chi connectivity index (χ0n) is 43.4. The molecule has 0 saturated carbocycles. The summed E-state index contributed by atoms with van der Waals surface area (Å²) in [6.45, 7) is 6.46. The Morgan fingerprint density at radius 1 is 0.446 bits per heavy atom. The topological polar surface area (TPSA) is 95.9 Å². The number of aliphatic hydroxyl groups is 2. The average Bonchev–Trinajstić information content (AvgIpc) is 3.30. The smallest absolute Gasteiger partial charge is 0.306 e. The van der Waals surface area contributed by atoms with Crippen LogP contribution in [0.15, 0.2) is 48.6 Å². The van der Waals surface area contributed by atoms with Crippen LogP contribution in [-0.2, 0) is 14.3 Å². The normalized spacial score (nSPS) is 13.5. The van der Waals surface area contributed by atoms with Gasteiger partial charge in [-0.3, -0.25) is 9.59 Å². The minimum absolute atomic E-state index is 0.0487. The SMILES string of the molecule is CCCCC/C=C\C/C=C\C/C=C\CCCCCCC(=O)OC(CCC/C=C\CCCCCCCCC)CC(=O)NC(CO)C(O)CCCCCCCCCCCCCCCCCCC. The molecule has 0 spiro atoms. The fourth-order valence-electron chi connectivity index (χ4n) is 8.56. The summed E-state index contributed by atoms with van der Waals surface area (Å²) in [5, 5.41) is 23.9.